The molecule has 2 aromatic rings. The quantitative estimate of drug-likeness (QED) is 0.419. The van der Waals surface area contributed by atoms with Gasteiger partial charge in [0.15, 0.2) is 17.5 Å². The van der Waals surface area contributed by atoms with Crippen LogP contribution in [0.25, 0.3) is 0 Å². The Bertz CT molecular complexity index is 927. The second kappa shape index (κ2) is 10.1. The monoisotopic (exact) mass is 411 g/mol. The van der Waals surface area contributed by atoms with Gasteiger partial charge in [-0.1, -0.05) is 12.1 Å². The molecule has 0 atom stereocenters. The number of carbonyl (C=O) groups is 2. The average molecular weight is 411 g/mol. The summed E-state index contributed by atoms with van der Waals surface area (Å²) in [6.07, 6.45) is 0.853. The molecular formula is C21H25N5O4. The van der Waals surface area contributed by atoms with E-state index in [2.05, 4.69) is 20.9 Å². The van der Waals surface area contributed by atoms with Gasteiger partial charge in [0.05, 0.1) is 19.8 Å². The second-order valence-electron chi connectivity index (χ2n) is 6.61. The van der Waals surface area contributed by atoms with Gasteiger partial charge in [0.2, 0.25) is 5.91 Å². The first-order valence-corrected chi connectivity index (χ1v) is 9.58. The van der Waals surface area contributed by atoms with E-state index in [9.17, 15) is 9.59 Å². The molecule has 2 aromatic carbocycles. The molecule has 0 saturated heterocycles. The Balaban J connectivity index is 1.55. The van der Waals surface area contributed by atoms with Crippen molar-refractivity contribution in [2.45, 2.75) is 13.0 Å². The number of nitrogens with two attached hydrogens (primary N) is 1. The number of primary amides is 1. The van der Waals surface area contributed by atoms with E-state index in [1.54, 1.807) is 19.2 Å². The van der Waals surface area contributed by atoms with E-state index < -0.39 is 5.91 Å². The van der Waals surface area contributed by atoms with Crippen molar-refractivity contribution >= 4 is 23.5 Å². The maximum absolute atomic E-state index is 11.9. The average Bonchev–Trinajstić information content (AvgIpc) is 3.00. The third kappa shape index (κ3) is 5.87. The Hall–Kier alpha value is -3.75. The molecule has 0 fully saturated rings. The van der Waals surface area contributed by atoms with Crippen LogP contribution < -0.4 is 31.2 Å². The zero-order valence-corrected chi connectivity index (χ0v) is 16.7. The Morgan fingerprint density at radius 3 is 2.47 bits per heavy atom. The van der Waals surface area contributed by atoms with Crippen LogP contribution in [0.2, 0.25) is 0 Å². The first kappa shape index (κ1) is 21.0. The van der Waals surface area contributed by atoms with Crippen LogP contribution in [0.4, 0.5) is 5.69 Å². The third-order valence-corrected chi connectivity index (χ3v) is 4.33. The topological polar surface area (TPSA) is 127 Å². The summed E-state index contributed by atoms with van der Waals surface area (Å²) >= 11 is 0. The van der Waals surface area contributed by atoms with Gasteiger partial charge in [-0.05, 0) is 29.8 Å². The molecule has 1 aliphatic heterocycles. The Morgan fingerprint density at radius 1 is 1.03 bits per heavy atom. The van der Waals surface area contributed by atoms with Crippen molar-refractivity contribution in [3.8, 4) is 11.5 Å². The summed E-state index contributed by atoms with van der Waals surface area (Å²) < 4.78 is 11.4. The molecule has 30 heavy (non-hydrogen) atoms. The number of rotatable bonds is 6. The number of nitrogens with one attached hydrogen (secondary N) is 3. The molecule has 0 aliphatic carbocycles. The van der Waals surface area contributed by atoms with Gasteiger partial charge in [0.25, 0.3) is 5.91 Å². The highest BCUT2D eigenvalue weighted by Crippen LogP contribution is 2.32. The zero-order chi connectivity index (χ0) is 21.3. The predicted molar refractivity (Wildman–Crippen MR) is 114 cm³/mol. The van der Waals surface area contributed by atoms with Gasteiger partial charge in [0, 0.05) is 37.3 Å². The maximum atomic E-state index is 11.9. The molecule has 0 saturated carbocycles. The molecule has 9 heteroatoms. The number of hydrogen-bond acceptors (Lipinski definition) is 5. The van der Waals surface area contributed by atoms with E-state index >= 15 is 0 Å². The van der Waals surface area contributed by atoms with E-state index in [0.717, 1.165) is 23.4 Å². The molecule has 158 valence electrons. The van der Waals surface area contributed by atoms with Crippen LogP contribution in [0.1, 0.15) is 22.3 Å². The number of hydrogen-bond donors (Lipinski definition) is 4. The number of benzene rings is 2. The molecule has 0 bridgehead atoms. The molecule has 1 aliphatic rings. The summed E-state index contributed by atoms with van der Waals surface area (Å²) in [4.78, 5) is 26.9. The maximum Gasteiger partial charge on any atom is 0.251 e. The lowest BCUT2D eigenvalue weighted by Gasteiger charge is -2.14. The highest BCUT2D eigenvalue weighted by molar-refractivity contribution is 5.96. The summed E-state index contributed by atoms with van der Waals surface area (Å²) in [5.41, 5.74) is 7.27. The van der Waals surface area contributed by atoms with Gasteiger partial charge in [-0.15, -0.1) is 0 Å². The van der Waals surface area contributed by atoms with Crippen LogP contribution in [-0.4, -0.2) is 44.6 Å². The van der Waals surface area contributed by atoms with Gasteiger partial charge in [-0.25, -0.2) is 0 Å². The molecule has 0 aromatic heterocycles. The summed E-state index contributed by atoms with van der Waals surface area (Å²) in [6, 6.07) is 12.7. The summed E-state index contributed by atoms with van der Waals surface area (Å²) in [5.74, 6) is 1.10. The summed E-state index contributed by atoms with van der Waals surface area (Å²) in [7, 11) is 1.69. The van der Waals surface area contributed by atoms with Crippen LogP contribution in [-0.2, 0) is 11.3 Å². The molecule has 0 radical (unpaired) electrons. The fourth-order valence-electron chi connectivity index (χ4n) is 2.79. The first-order valence-electron chi connectivity index (χ1n) is 9.58. The van der Waals surface area contributed by atoms with E-state index in [-0.39, 0.29) is 12.5 Å². The van der Waals surface area contributed by atoms with Crippen LogP contribution >= 0.6 is 0 Å². The first-order chi connectivity index (χ1) is 14.5. The number of guanidine groups is 1. The lowest BCUT2D eigenvalue weighted by atomic mass is 10.1. The van der Waals surface area contributed by atoms with Crippen molar-refractivity contribution in [2.75, 3.05) is 32.1 Å². The Labute approximate surface area is 174 Å². The lowest BCUT2D eigenvalue weighted by molar-refractivity contribution is -0.117. The van der Waals surface area contributed by atoms with Crippen molar-refractivity contribution in [2.24, 2.45) is 10.7 Å². The highest BCUT2D eigenvalue weighted by atomic mass is 16.5. The minimum absolute atomic E-state index is 0.190. The van der Waals surface area contributed by atoms with Crippen LogP contribution in [0.15, 0.2) is 47.5 Å². The number of aliphatic imine (C=N–C) groups is 1. The van der Waals surface area contributed by atoms with Crippen LogP contribution in [0, 0.1) is 0 Å². The number of fused-ring (bicyclic) bond motifs is 1. The summed E-state index contributed by atoms with van der Waals surface area (Å²) in [6.45, 7) is 1.59. The van der Waals surface area contributed by atoms with Gasteiger partial charge in [-0.3, -0.25) is 14.6 Å². The van der Waals surface area contributed by atoms with Gasteiger partial charge in [-0.2, -0.15) is 0 Å². The number of carbonyl (C=O) groups excluding carboxylic acids is 2. The molecule has 9 nitrogen and oxygen atoms in total. The van der Waals surface area contributed by atoms with Crippen LogP contribution in [0.5, 0.6) is 11.5 Å². The van der Waals surface area contributed by atoms with E-state index in [1.165, 1.54) is 0 Å². The molecule has 0 spiro atoms. The number of anilines is 1. The van der Waals surface area contributed by atoms with E-state index in [1.807, 2.05) is 30.3 Å². The van der Waals surface area contributed by atoms with Crippen LogP contribution in [0.3, 0.4) is 0 Å². The van der Waals surface area contributed by atoms with Crippen molar-refractivity contribution < 1.29 is 19.1 Å². The van der Waals surface area contributed by atoms with Gasteiger partial charge in [0.1, 0.15) is 0 Å². The van der Waals surface area contributed by atoms with Crippen molar-refractivity contribution in [3.05, 3.63) is 53.6 Å². The van der Waals surface area contributed by atoms with Gasteiger partial charge >= 0.3 is 0 Å². The fraction of sp³-hybridized carbons (Fsp3) is 0.286. The van der Waals surface area contributed by atoms with E-state index in [0.29, 0.717) is 37.0 Å². The fourth-order valence-corrected chi connectivity index (χ4v) is 2.79. The highest BCUT2D eigenvalue weighted by Gasteiger charge is 2.11. The van der Waals surface area contributed by atoms with E-state index in [4.69, 9.17) is 15.2 Å². The lowest BCUT2D eigenvalue weighted by Crippen LogP contribution is -2.33. The number of ether oxygens (including phenoxy) is 2. The minimum atomic E-state index is -0.586. The SMILES string of the molecule is CN=C(NCc1ccc(C(=O)NCC(N)=O)cc1)Nc1ccc2c(c1)OCCCO2. The third-order valence-electron chi connectivity index (χ3n) is 4.33. The second-order valence-corrected chi connectivity index (χ2v) is 6.61. The van der Waals surface area contributed by atoms with Crippen molar-refractivity contribution in [1.29, 1.82) is 0 Å². The Morgan fingerprint density at radius 2 is 1.77 bits per heavy atom. The minimum Gasteiger partial charge on any atom is -0.490 e. The largest absolute Gasteiger partial charge is 0.490 e. The number of amides is 2. The standard InChI is InChI=1S/C21H25N5O4/c1-23-21(26-16-7-8-17-18(11-16)30-10-2-9-29-17)25-12-14-3-5-15(6-4-14)20(28)24-13-19(22)27/h3-8,11H,2,9-10,12-13H2,1H3,(H2,22,27)(H,24,28)(H2,23,25,26). The van der Waals surface area contributed by atoms with Crippen molar-refractivity contribution in [1.82, 2.24) is 10.6 Å². The molecule has 5 N–H and O–H groups in total. The molecule has 0 unspecified atom stereocenters. The van der Waals surface area contributed by atoms with Gasteiger partial charge < -0.3 is 31.2 Å². The number of nitrogens with zero attached hydrogens (tertiary/aromatic N) is 1. The molecule has 2 amide bonds. The smallest absolute Gasteiger partial charge is 0.251 e. The molecular weight excluding hydrogens is 386 g/mol. The summed E-state index contributed by atoms with van der Waals surface area (Å²) in [5, 5.41) is 8.89. The zero-order valence-electron chi connectivity index (χ0n) is 16.7. The predicted octanol–water partition coefficient (Wildman–Crippen LogP) is 1.25. The van der Waals surface area contributed by atoms with Crippen molar-refractivity contribution in [3.63, 3.8) is 0 Å². The molecule has 1 heterocycles. The normalized spacial score (nSPS) is 13.2. The Kier molecular flexibility index (Phi) is 7.09. The molecule has 3 rings (SSSR count).